The number of aryl methyl sites for hydroxylation is 1. The van der Waals surface area contributed by atoms with Gasteiger partial charge in [-0.2, -0.15) is 13.2 Å². The summed E-state index contributed by atoms with van der Waals surface area (Å²) in [5.74, 6) is -0.473. The minimum atomic E-state index is -4.44. The van der Waals surface area contributed by atoms with Gasteiger partial charge in [-0.05, 0) is 97.1 Å². The van der Waals surface area contributed by atoms with Crippen LogP contribution in [0.25, 0.3) is 21.2 Å². The number of fused-ring (bicyclic) bond motifs is 1. The topological polar surface area (TPSA) is 170 Å². The first kappa shape index (κ1) is 51.5. The molecule has 2 saturated heterocycles. The van der Waals surface area contributed by atoms with Gasteiger partial charge in [0.25, 0.3) is 5.91 Å². The molecule has 2 fully saturated rings. The molecule has 4 atom stereocenters. The summed E-state index contributed by atoms with van der Waals surface area (Å²) in [7, 11) is 0. The maximum absolute atomic E-state index is 14.1. The van der Waals surface area contributed by atoms with Gasteiger partial charge >= 0.3 is 6.18 Å². The molecular formula is C53H61F3N6O7S. The smallest absolute Gasteiger partial charge is 0.416 e. The number of nitrogens with zero attached hydrogens (tertiary/aromatic N) is 3. The molecule has 0 spiro atoms. The lowest BCUT2D eigenvalue weighted by atomic mass is 9.85. The zero-order valence-electron chi connectivity index (χ0n) is 40.1. The van der Waals surface area contributed by atoms with Crippen molar-refractivity contribution in [3.8, 4) is 21.9 Å². The molecular weight excluding hydrogens is 922 g/mol. The van der Waals surface area contributed by atoms with Crippen LogP contribution in [0, 0.1) is 18.3 Å². The molecule has 2 aliphatic heterocycles. The normalized spacial score (nSPS) is 17.2. The molecule has 372 valence electrons. The number of hydrogen-bond acceptors (Lipinski definition) is 9. The molecule has 0 aliphatic carbocycles. The van der Waals surface area contributed by atoms with Crippen LogP contribution in [0.3, 0.4) is 0 Å². The Kier molecular flexibility index (Phi) is 16.3. The molecule has 0 unspecified atom stereocenters. The number of carbonyl (C=O) groups is 5. The molecule has 4 aromatic carbocycles. The molecule has 17 heteroatoms. The first-order chi connectivity index (χ1) is 33.2. The summed E-state index contributed by atoms with van der Waals surface area (Å²) in [5.41, 5.74) is 3.74. The van der Waals surface area contributed by atoms with Crippen LogP contribution in [-0.4, -0.2) is 93.8 Å². The number of alkyl halides is 3. The molecule has 4 N–H and O–H groups in total. The Bertz CT molecular complexity index is 2660. The number of ether oxygens (including phenoxy) is 1. The fourth-order valence-corrected chi connectivity index (χ4v) is 9.69. The second kappa shape index (κ2) is 22.2. The van der Waals surface area contributed by atoms with Gasteiger partial charge in [0.2, 0.25) is 23.6 Å². The molecule has 0 saturated carbocycles. The van der Waals surface area contributed by atoms with Crippen LogP contribution in [0.2, 0.25) is 0 Å². The molecule has 0 bridgehead atoms. The van der Waals surface area contributed by atoms with Crippen LogP contribution >= 0.6 is 11.3 Å². The average molecular weight is 983 g/mol. The van der Waals surface area contributed by atoms with Gasteiger partial charge in [0.15, 0.2) is 0 Å². The number of likely N-dealkylation sites (tertiary alicyclic amines) is 2. The largest absolute Gasteiger partial charge is 0.457 e. The molecule has 1 aromatic heterocycles. The fourth-order valence-electron chi connectivity index (χ4n) is 8.88. The number of amides is 5. The van der Waals surface area contributed by atoms with Crippen LogP contribution in [0.4, 0.5) is 13.2 Å². The van der Waals surface area contributed by atoms with E-state index in [0.29, 0.717) is 62.0 Å². The zero-order valence-corrected chi connectivity index (χ0v) is 40.9. The number of aliphatic hydroxyl groups excluding tert-OH is 1. The van der Waals surface area contributed by atoms with E-state index >= 15 is 0 Å². The lowest BCUT2D eigenvalue weighted by Crippen LogP contribution is -2.57. The Morgan fingerprint density at radius 2 is 1.54 bits per heavy atom. The van der Waals surface area contributed by atoms with E-state index in [9.17, 15) is 42.3 Å². The highest BCUT2D eigenvalue weighted by molar-refractivity contribution is 7.13. The maximum atomic E-state index is 14.1. The van der Waals surface area contributed by atoms with Gasteiger partial charge in [-0.1, -0.05) is 70.0 Å². The van der Waals surface area contributed by atoms with Crippen LogP contribution in [0.15, 0.2) is 90.4 Å². The minimum Gasteiger partial charge on any atom is -0.457 e. The van der Waals surface area contributed by atoms with Crippen molar-refractivity contribution >= 4 is 51.6 Å². The van der Waals surface area contributed by atoms with Crippen LogP contribution in [0.5, 0.6) is 11.5 Å². The SMILES string of the molecule is Cc1ncsc1-c1ccc([C@H](C)NC(=O)[C@@H]2C[C@@H](O)CN2C(=O)[C@@H](NC(=O)CCCCCCC(=O)NCC2CN(C(=O)c3ccc4c(Oc5ccc(C(F)(F)F)cc5)cccc4c3)C2)C(C)(C)C)cc1. The molecule has 0 radical (unpaired) electrons. The van der Waals surface area contributed by atoms with Crippen molar-refractivity contribution in [1.82, 2.24) is 30.7 Å². The number of nitrogens with one attached hydrogen (secondary N) is 3. The fraction of sp³-hybridized carbons (Fsp3) is 0.434. The number of β-amino-alcohol motifs (C(OH)–C–C–N with tert-alkyl or cyclic N) is 1. The van der Waals surface area contributed by atoms with Crippen LogP contribution in [-0.2, 0) is 25.4 Å². The lowest BCUT2D eigenvalue weighted by Gasteiger charge is -2.39. The van der Waals surface area contributed by atoms with Gasteiger partial charge in [0, 0.05) is 62.3 Å². The van der Waals surface area contributed by atoms with Gasteiger partial charge in [-0.3, -0.25) is 24.0 Å². The van der Waals surface area contributed by atoms with E-state index in [1.165, 1.54) is 17.0 Å². The van der Waals surface area contributed by atoms with Crippen molar-refractivity contribution in [2.45, 2.75) is 110 Å². The van der Waals surface area contributed by atoms with E-state index in [1.807, 2.05) is 70.5 Å². The molecule has 2 aliphatic rings. The molecule has 5 amide bonds. The number of thiazole rings is 1. The number of halogens is 3. The number of aromatic nitrogens is 1. The predicted molar refractivity (Wildman–Crippen MR) is 262 cm³/mol. The molecule has 70 heavy (non-hydrogen) atoms. The summed E-state index contributed by atoms with van der Waals surface area (Å²) in [5, 5.41) is 21.0. The lowest BCUT2D eigenvalue weighted by molar-refractivity contribution is -0.144. The first-order valence-corrected chi connectivity index (χ1v) is 24.7. The Labute approximate surface area is 410 Å². The van der Waals surface area contributed by atoms with Crippen molar-refractivity contribution in [3.05, 3.63) is 113 Å². The third kappa shape index (κ3) is 12.9. The van der Waals surface area contributed by atoms with Crippen LogP contribution in [0.1, 0.15) is 106 Å². The van der Waals surface area contributed by atoms with Crippen LogP contribution < -0.4 is 20.7 Å². The van der Waals surface area contributed by atoms with Crippen molar-refractivity contribution in [2.24, 2.45) is 11.3 Å². The summed E-state index contributed by atoms with van der Waals surface area (Å²) in [6, 6.07) is 20.7. The summed E-state index contributed by atoms with van der Waals surface area (Å²) in [4.78, 5) is 75.4. The first-order valence-electron chi connectivity index (χ1n) is 23.8. The van der Waals surface area contributed by atoms with E-state index in [4.69, 9.17) is 4.74 Å². The van der Waals surface area contributed by atoms with Gasteiger partial charge < -0.3 is 35.6 Å². The van der Waals surface area contributed by atoms with E-state index in [1.54, 1.807) is 46.6 Å². The number of unbranched alkanes of at least 4 members (excludes halogenated alkanes) is 3. The molecule has 13 nitrogen and oxygen atoms in total. The Hall–Kier alpha value is -6.33. The molecule has 5 aromatic rings. The van der Waals surface area contributed by atoms with Gasteiger partial charge in [-0.15, -0.1) is 11.3 Å². The highest BCUT2D eigenvalue weighted by Gasteiger charge is 2.45. The summed E-state index contributed by atoms with van der Waals surface area (Å²) in [6.45, 7) is 10.8. The molecule has 7 rings (SSSR count). The summed E-state index contributed by atoms with van der Waals surface area (Å²) < 4.78 is 44.8. The standard InChI is InChI=1S/C53H61F3N6O7S/c1-32(35-15-17-36(18-16-35)47-33(2)58-31-70-47)59-49(66)43-26-40(63)30-62(43)51(68)48(52(3,4)5)60-46(65)14-9-7-6-8-13-45(64)57-27-34-28-61(29-34)50(67)38-19-24-42-37(25-38)11-10-12-44(42)69-41-22-20-39(21-23-41)53(54,55)56/h10-12,15-25,31-32,34,40,43,48,63H,6-9,13-14,26-30H2,1-5H3,(H,57,64)(H,59,66)(H,60,65)/t32-,40+,43-,48+/m0/s1. The van der Waals surface area contributed by atoms with Gasteiger partial charge in [-0.25, -0.2) is 4.98 Å². The number of aliphatic hydroxyl groups is 1. The third-order valence-corrected chi connectivity index (χ3v) is 13.9. The Morgan fingerprint density at radius 3 is 2.19 bits per heavy atom. The number of carbonyl (C=O) groups excluding carboxylic acids is 5. The average Bonchev–Trinajstić information content (AvgIpc) is 3.93. The van der Waals surface area contributed by atoms with E-state index < -0.39 is 41.2 Å². The van der Waals surface area contributed by atoms with E-state index in [-0.39, 0.29) is 60.7 Å². The Morgan fingerprint density at radius 1 is 0.857 bits per heavy atom. The third-order valence-electron chi connectivity index (χ3n) is 12.9. The highest BCUT2D eigenvalue weighted by Crippen LogP contribution is 2.35. The second-order valence-corrected chi connectivity index (χ2v) is 20.3. The number of benzene rings is 4. The van der Waals surface area contributed by atoms with Crippen molar-refractivity contribution in [1.29, 1.82) is 0 Å². The summed E-state index contributed by atoms with van der Waals surface area (Å²) in [6.07, 6.45) is -2.06. The second-order valence-electron chi connectivity index (χ2n) is 19.5. The van der Waals surface area contributed by atoms with Crippen molar-refractivity contribution in [3.63, 3.8) is 0 Å². The maximum Gasteiger partial charge on any atom is 0.416 e. The zero-order chi connectivity index (χ0) is 50.3. The van der Waals surface area contributed by atoms with E-state index in [2.05, 4.69) is 20.9 Å². The van der Waals surface area contributed by atoms with Gasteiger partial charge in [0.05, 0.1) is 33.8 Å². The highest BCUT2D eigenvalue weighted by atomic mass is 32.1. The summed E-state index contributed by atoms with van der Waals surface area (Å²) >= 11 is 1.57. The number of rotatable bonds is 18. The number of hydrogen-bond donors (Lipinski definition) is 4. The minimum absolute atomic E-state index is 0.0167. The quantitative estimate of drug-likeness (QED) is 0.0631. The predicted octanol–water partition coefficient (Wildman–Crippen LogP) is 8.98. The van der Waals surface area contributed by atoms with Crippen molar-refractivity contribution < 1.29 is 47.0 Å². The van der Waals surface area contributed by atoms with E-state index in [0.717, 1.165) is 45.6 Å². The Balaban J connectivity index is 0.786. The molecule has 3 heterocycles. The monoisotopic (exact) mass is 982 g/mol. The van der Waals surface area contributed by atoms with Gasteiger partial charge in [0.1, 0.15) is 23.6 Å². The van der Waals surface area contributed by atoms with Crippen molar-refractivity contribution in [2.75, 3.05) is 26.2 Å².